The molecule has 0 aliphatic rings. The number of nitrogens with zero attached hydrogens (tertiary/aromatic N) is 2. The summed E-state index contributed by atoms with van der Waals surface area (Å²) in [5, 5.41) is 6.81. The fourth-order valence-corrected chi connectivity index (χ4v) is 1.52. The number of aromatic nitrogens is 2. The minimum atomic E-state index is -0.217. The molecule has 1 aromatic carbocycles. The van der Waals surface area contributed by atoms with Crippen LogP contribution in [-0.2, 0) is 4.79 Å². The van der Waals surface area contributed by atoms with Gasteiger partial charge in [-0.05, 0) is 24.1 Å². The topological polar surface area (TPSA) is 72.9 Å². The Morgan fingerprint density at radius 2 is 2.11 bits per heavy atom. The van der Waals surface area contributed by atoms with E-state index in [1.807, 2.05) is 36.4 Å². The standard InChI is InChI=1S/C14H14N4O/c15-11-14(19)16-9-4-7-13-8-10-17-18(13)12-5-2-1-3-6-12/h1-3,5-6,8,10H,9,11,15H2,(H,16,19). The molecule has 1 amide bonds. The molecule has 1 heterocycles. The maximum Gasteiger partial charge on any atom is 0.234 e. The molecule has 5 heteroatoms. The van der Waals surface area contributed by atoms with Gasteiger partial charge in [0, 0.05) is 0 Å². The molecule has 0 saturated carbocycles. The first-order valence-electron chi connectivity index (χ1n) is 5.86. The molecule has 0 unspecified atom stereocenters. The first-order valence-corrected chi connectivity index (χ1v) is 5.86. The normalized spacial score (nSPS) is 9.53. The second-order valence-electron chi connectivity index (χ2n) is 3.75. The number of nitrogens with two attached hydrogens (primary N) is 1. The Labute approximate surface area is 111 Å². The lowest BCUT2D eigenvalue weighted by Crippen LogP contribution is -2.30. The average Bonchev–Trinajstić information content (AvgIpc) is 2.92. The summed E-state index contributed by atoms with van der Waals surface area (Å²) in [5.74, 6) is 5.61. The van der Waals surface area contributed by atoms with Crippen LogP contribution in [0, 0.1) is 11.8 Å². The zero-order valence-corrected chi connectivity index (χ0v) is 10.3. The molecule has 0 saturated heterocycles. The maximum absolute atomic E-state index is 10.9. The highest BCUT2D eigenvalue weighted by atomic mass is 16.1. The van der Waals surface area contributed by atoms with Gasteiger partial charge in [0.15, 0.2) is 0 Å². The van der Waals surface area contributed by atoms with Crippen molar-refractivity contribution in [3.8, 4) is 17.5 Å². The summed E-state index contributed by atoms with van der Waals surface area (Å²) < 4.78 is 1.75. The predicted octanol–water partition coefficient (Wildman–Crippen LogP) is 0.299. The van der Waals surface area contributed by atoms with Gasteiger partial charge in [0.25, 0.3) is 0 Å². The highest BCUT2D eigenvalue weighted by Gasteiger charge is 2.00. The molecular weight excluding hydrogens is 240 g/mol. The van der Waals surface area contributed by atoms with Crippen molar-refractivity contribution in [3.63, 3.8) is 0 Å². The summed E-state index contributed by atoms with van der Waals surface area (Å²) in [6.07, 6.45) is 1.69. The van der Waals surface area contributed by atoms with E-state index in [2.05, 4.69) is 22.3 Å². The number of hydrogen-bond acceptors (Lipinski definition) is 3. The Morgan fingerprint density at radius 3 is 2.84 bits per heavy atom. The summed E-state index contributed by atoms with van der Waals surface area (Å²) in [4.78, 5) is 10.9. The summed E-state index contributed by atoms with van der Waals surface area (Å²) in [5.41, 5.74) is 6.89. The van der Waals surface area contributed by atoms with Crippen LogP contribution in [-0.4, -0.2) is 28.8 Å². The lowest BCUT2D eigenvalue weighted by molar-refractivity contribution is -0.119. The van der Waals surface area contributed by atoms with Crippen LogP contribution in [0.1, 0.15) is 5.69 Å². The Bertz CT molecular complexity index is 607. The average molecular weight is 254 g/mol. The second-order valence-corrected chi connectivity index (χ2v) is 3.75. The smallest absolute Gasteiger partial charge is 0.234 e. The number of amides is 1. The molecule has 2 aromatic rings. The highest BCUT2D eigenvalue weighted by Crippen LogP contribution is 2.08. The highest BCUT2D eigenvalue weighted by molar-refractivity contribution is 5.77. The third kappa shape index (κ3) is 3.44. The van der Waals surface area contributed by atoms with E-state index in [4.69, 9.17) is 5.73 Å². The van der Waals surface area contributed by atoms with E-state index in [0.29, 0.717) is 0 Å². The molecular formula is C14H14N4O. The van der Waals surface area contributed by atoms with Crippen molar-refractivity contribution in [2.75, 3.05) is 13.1 Å². The van der Waals surface area contributed by atoms with Crippen LogP contribution in [0.4, 0.5) is 0 Å². The van der Waals surface area contributed by atoms with Gasteiger partial charge in [-0.3, -0.25) is 4.79 Å². The predicted molar refractivity (Wildman–Crippen MR) is 72.5 cm³/mol. The van der Waals surface area contributed by atoms with Gasteiger partial charge in [-0.1, -0.05) is 24.1 Å². The molecule has 96 valence electrons. The van der Waals surface area contributed by atoms with Gasteiger partial charge in [0.2, 0.25) is 5.91 Å². The van der Waals surface area contributed by atoms with Crippen molar-refractivity contribution in [3.05, 3.63) is 48.3 Å². The molecule has 5 nitrogen and oxygen atoms in total. The summed E-state index contributed by atoms with van der Waals surface area (Å²) in [6, 6.07) is 11.6. The summed E-state index contributed by atoms with van der Waals surface area (Å²) in [7, 11) is 0. The van der Waals surface area contributed by atoms with Gasteiger partial charge >= 0.3 is 0 Å². The van der Waals surface area contributed by atoms with Gasteiger partial charge in [-0.2, -0.15) is 5.10 Å². The lowest BCUT2D eigenvalue weighted by Gasteiger charge is -2.02. The van der Waals surface area contributed by atoms with Crippen LogP contribution in [0.5, 0.6) is 0 Å². The minimum Gasteiger partial charge on any atom is -0.344 e. The van der Waals surface area contributed by atoms with Gasteiger partial charge in [0.1, 0.15) is 5.69 Å². The molecule has 0 fully saturated rings. The number of carbonyl (C=O) groups is 1. The number of hydrogen-bond donors (Lipinski definition) is 2. The first kappa shape index (κ1) is 12.9. The van der Waals surface area contributed by atoms with Crippen LogP contribution in [0.2, 0.25) is 0 Å². The van der Waals surface area contributed by atoms with Crippen molar-refractivity contribution in [2.45, 2.75) is 0 Å². The number of carbonyl (C=O) groups excluding carboxylic acids is 1. The molecule has 0 radical (unpaired) electrons. The lowest BCUT2D eigenvalue weighted by atomic mass is 10.3. The molecule has 3 N–H and O–H groups in total. The van der Waals surface area contributed by atoms with E-state index >= 15 is 0 Å². The van der Waals surface area contributed by atoms with E-state index in [-0.39, 0.29) is 19.0 Å². The molecule has 0 aliphatic heterocycles. The van der Waals surface area contributed by atoms with Crippen LogP contribution >= 0.6 is 0 Å². The van der Waals surface area contributed by atoms with Crippen molar-refractivity contribution in [2.24, 2.45) is 5.73 Å². The van der Waals surface area contributed by atoms with Crippen molar-refractivity contribution in [1.82, 2.24) is 15.1 Å². The third-order valence-corrected chi connectivity index (χ3v) is 2.42. The van der Waals surface area contributed by atoms with Crippen molar-refractivity contribution >= 4 is 5.91 Å². The van der Waals surface area contributed by atoms with E-state index in [1.54, 1.807) is 10.9 Å². The zero-order valence-electron chi connectivity index (χ0n) is 10.3. The van der Waals surface area contributed by atoms with Crippen LogP contribution in [0.15, 0.2) is 42.6 Å². The van der Waals surface area contributed by atoms with Crippen LogP contribution in [0.3, 0.4) is 0 Å². The molecule has 2 rings (SSSR count). The summed E-state index contributed by atoms with van der Waals surface area (Å²) in [6.45, 7) is 0.250. The number of para-hydroxylation sites is 1. The molecule has 0 spiro atoms. The molecule has 0 atom stereocenters. The largest absolute Gasteiger partial charge is 0.344 e. The van der Waals surface area contributed by atoms with Gasteiger partial charge in [-0.15, -0.1) is 0 Å². The number of nitrogens with one attached hydrogen (secondary N) is 1. The summed E-state index contributed by atoms with van der Waals surface area (Å²) >= 11 is 0. The van der Waals surface area contributed by atoms with E-state index in [1.165, 1.54) is 0 Å². The second kappa shape index (κ2) is 6.38. The fourth-order valence-electron chi connectivity index (χ4n) is 1.52. The maximum atomic E-state index is 10.9. The number of rotatable bonds is 3. The van der Waals surface area contributed by atoms with Gasteiger partial charge in [-0.25, -0.2) is 4.68 Å². The number of benzene rings is 1. The minimum absolute atomic E-state index is 0.0242. The van der Waals surface area contributed by atoms with E-state index in [9.17, 15) is 4.79 Å². The molecule has 0 bridgehead atoms. The van der Waals surface area contributed by atoms with Crippen molar-refractivity contribution < 1.29 is 4.79 Å². The molecule has 0 aliphatic carbocycles. The molecule has 19 heavy (non-hydrogen) atoms. The Balaban J connectivity index is 2.09. The first-order chi connectivity index (χ1) is 9.31. The quantitative estimate of drug-likeness (QED) is 0.774. The molecule has 1 aromatic heterocycles. The van der Waals surface area contributed by atoms with Gasteiger partial charge in [0.05, 0.1) is 25.0 Å². The van der Waals surface area contributed by atoms with E-state index in [0.717, 1.165) is 11.4 Å². The Morgan fingerprint density at radius 1 is 1.32 bits per heavy atom. The van der Waals surface area contributed by atoms with Gasteiger partial charge < -0.3 is 11.1 Å². The van der Waals surface area contributed by atoms with E-state index < -0.39 is 0 Å². The zero-order chi connectivity index (χ0) is 13.5. The fraction of sp³-hybridized carbons (Fsp3) is 0.143. The Hall–Kier alpha value is -2.58. The monoisotopic (exact) mass is 254 g/mol. The van der Waals surface area contributed by atoms with Crippen molar-refractivity contribution in [1.29, 1.82) is 0 Å². The van der Waals surface area contributed by atoms with Crippen LogP contribution in [0.25, 0.3) is 5.69 Å². The van der Waals surface area contributed by atoms with Crippen LogP contribution < -0.4 is 11.1 Å². The SMILES string of the molecule is NCC(=O)NCC#Cc1ccnn1-c1ccccc1. The third-order valence-electron chi connectivity index (χ3n) is 2.42. The Kier molecular flexibility index (Phi) is 4.32.